The Morgan fingerprint density at radius 2 is 1.83 bits per heavy atom. The molecule has 0 aliphatic rings. The number of nitrogens with zero attached hydrogens (tertiary/aromatic N) is 3. The van der Waals surface area contributed by atoms with Crippen LogP contribution in [0.1, 0.15) is 11.5 Å². The molecule has 0 radical (unpaired) electrons. The van der Waals surface area contributed by atoms with E-state index in [0.29, 0.717) is 11.4 Å². The lowest BCUT2D eigenvalue weighted by molar-refractivity contribution is -0.384. The molecule has 1 aromatic heterocycles. The van der Waals surface area contributed by atoms with Crippen LogP contribution in [0.4, 0.5) is 5.69 Å². The monoisotopic (exact) mass is 327 g/mol. The van der Waals surface area contributed by atoms with Gasteiger partial charge in [0.15, 0.2) is 0 Å². The van der Waals surface area contributed by atoms with Crippen molar-refractivity contribution >= 4 is 28.4 Å². The van der Waals surface area contributed by atoms with E-state index in [4.69, 9.17) is 16.1 Å². The van der Waals surface area contributed by atoms with Gasteiger partial charge in [-0.15, -0.1) is 0 Å². The minimum atomic E-state index is -0.459. The molecule has 114 valence electrons. The van der Waals surface area contributed by atoms with Crippen molar-refractivity contribution in [2.24, 2.45) is 0 Å². The summed E-state index contributed by atoms with van der Waals surface area (Å²) in [5.41, 5.74) is 1.53. The van der Waals surface area contributed by atoms with E-state index in [1.54, 1.807) is 18.2 Å². The summed E-state index contributed by atoms with van der Waals surface area (Å²) in [6, 6.07) is 15.4. The summed E-state index contributed by atoms with van der Waals surface area (Å²) in [7, 11) is 0. The van der Waals surface area contributed by atoms with Crippen LogP contribution in [0.25, 0.3) is 22.5 Å². The van der Waals surface area contributed by atoms with Crippen LogP contribution in [0.3, 0.4) is 0 Å². The Morgan fingerprint density at radius 1 is 1.13 bits per heavy atom. The molecule has 0 fully saturated rings. The van der Waals surface area contributed by atoms with Crippen molar-refractivity contribution in [3.8, 4) is 11.4 Å². The second-order valence-electron chi connectivity index (χ2n) is 4.63. The topological polar surface area (TPSA) is 82.1 Å². The molecular formula is C16H10ClN3O3. The van der Waals surface area contributed by atoms with E-state index in [2.05, 4.69) is 10.1 Å². The molecule has 1 heterocycles. The molecule has 0 atom stereocenters. The predicted octanol–water partition coefficient (Wildman–Crippen LogP) is 4.38. The van der Waals surface area contributed by atoms with Crippen LogP contribution in [-0.2, 0) is 0 Å². The fourth-order valence-electron chi connectivity index (χ4n) is 1.93. The summed E-state index contributed by atoms with van der Waals surface area (Å²) in [4.78, 5) is 14.4. The maximum atomic E-state index is 10.6. The summed E-state index contributed by atoms with van der Waals surface area (Å²) in [5.74, 6) is 0.625. The number of hydrogen-bond acceptors (Lipinski definition) is 5. The normalized spacial score (nSPS) is 11.4. The van der Waals surface area contributed by atoms with Gasteiger partial charge in [-0.3, -0.25) is 10.1 Å². The third-order valence-electron chi connectivity index (χ3n) is 3.06. The first kappa shape index (κ1) is 14.9. The highest BCUT2D eigenvalue weighted by atomic mass is 35.5. The molecule has 0 aliphatic heterocycles. The maximum Gasteiger partial charge on any atom is 0.269 e. The first-order valence-corrected chi connectivity index (χ1v) is 7.02. The molecule has 3 rings (SSSR count). The standard InChI is InChI=1S/C16H10ClN3O3/c17-14(10-11-6-8-13(9-7-11)20(21)22)16-18-15(19-23-16)12-4-2-1-3-5-12/h1-10H/b14-10-. The molecule has 0 spiro atoms. The van der Waals surface area contributed by atoms with Crippen LogP contribution in [0.2, 0.25) is 0 Å². The Kier molecular flexibility index (Phi) is 4.16. The van der Waals surface area contributed by atoms with Crippen molar-refractivity contribution < 1.29 is 9.45 Å². The lowest BCUT2D eigenvalue weighted by Gasteiger charge is -1.95. The van der Waals surface area contributed by atoms with E-state index < -0.39 is 4.92 Å². The number of non-ortho nitro benzene ring substituents is 1. The summed E-state index contributed by atoms with van der Waals surface area (Å²) < 4.78 is 5.15. The smallest absolute Gasteiger partial charge is 0.269 e. The minimum absolute atomic E-state index is 0.0161. The number of aromatic nitrogens is 2. The van der Waals surface area contributed by atoms with Crippen molar-refractivity contribution in [1.29, 1.82) is 0 Å². The highest BCUT2D eigenvalue weighted by Gasteiger charge is 2.11. The largest absolute Gasteiger partial charge is 0.333 e. The first-order chi connectivity index (χ1) is 11.1. The van der Waals surface area contributed by atoms with Gasteiger partial charge >= 0.3 is 0 Å². The van der Waals surface area contributed by atoms with Gasteiger partial charge in [0, 0.05) is 17.7 Å². The van der Waals surface area contributed by atoms with Gasteiger partial charge in [0.05, 0.1) is 4.92 Å². The van der Waals surface area contributed by atoms with Crippen LogP contribution in [0.15, 0.2) is 59.1 Å². The highest BCUT2D eigenvalue weighted by Crippen LogP contribution is 2.24. The van der Waals surface area contributed by atoms with E-state index in [9.17, 15) is 10.1 Å². The molecule has 0 aliphatic carbocycles. The second kappa shape index (κ2) is 6.41. The first-order valence-electron chi connectivity index (χ1n) is 6.64. The average Bonchev–Trinajstić information content (AvgIpc) is 3.06. The van der Waals surface area contributed by atoms with Crippen LogP contribution >= 0.6 is 11.6 Å². The molecule has 2 aromatic carbocycles. The summed E-state index contributed by atoms with van der Waals surface area (Å²) >= 11 is 6.17. The van der Waals surface area contributed by atoms with Gasteiger partial charge in [0.2, 0.25) is 5.82 Å². The molecule has 3 aromatic rings. The maximum absolute atomic E-state index is 10.6. The molecule has 0 saturated carbocycles. The van der Waals surface area contributed by atoms with E-state index in [0.717, 1.165) is 5.56 Å². The lowest BCUT2D eigenvalue weighted by atomic mass is 10.2. The van der Waals surface area contributed by atoms with Crippen molar-refractivity contribution in [3.05, 3.63) is 76.2 Å². The Balaban J connectivity index is 1.84. The zero-order chi connectivity index (χ0) is 16.2. The predicted molar refractivity (Wildman–Crippen MR) is 86.6 cm³/mol. The summed E-state index contributed by atoms with van der Waals surface area (Å²) in [6.07, 6.45) is 1.60. The number of hydrogen-bond donors (Lipinski definition) is 0. The molecule has 0 unspecified atom stereocenters. The van der Waals surface area contributed by atoms with E-state index in [1.165, 1.54) is 12.1 Å². The number of halogens is 1. The molecule has 7 heteroatoms. The lowest BCUT2D eigenvalue weighted by Crippen LogP contribution is -1.87. The highest BCUT2D eigenvalue weighted by molar-refractivity contribution is 6.50. The van der Waals surface area contributed by atoms with Crippen LogP contribution in [0.5, 0.6) is 0 Å². The molecular weight excluding hydrogens is 318 g/mol. The Bertz CT molecular complexity index is 858. The van der Waals surface area contributed by atoms with Crippen LogP contribution in [0, 0.1) is 10.1 Å². The fourth-order valence-corrected chi connectivity index (χ4v) is 2.13. The Morgan fingerprint density at radius 3 is 2.48 bits per heavy atom. The van der Waals surface area contributed by atoms with Crippen molar-refractivity contribution in [1.82, 2.24) is 10.1 Å². The van der Waals surface area contributed by atoms with Gasteiger partial charge in [0.25, 0.3) is 11.6 Å². The van der Waals surface area contributed by atoms with E-state index in [1.807, 2.05) is 30.3 Å². The quantitative estimate of drug-likeness (QED) is 0.524. The van der Waals surface area contributed by atoms with Gasteiger partial charge in [-0.1, -0.05) is 47.1 Å². The van der Waals surface area contributed by atoms with Crippen molar-refractivity contribution in [2.45, 2.75) is 0 Å². The zero-order valence-electron chi connectivity index (χ0n) is 11.7. The molecule has 0 N–H and O–H groups in total. The van der Waals surface area contributed by atoms with Gasteiger partial charge in [-0.05, 0) is 23.8 Å². The minimum Gasteiger partial charge on any atom is -0.333 e. The number of benzene rings is 2. The van der Waals surface area contributed by atoms with Gasteiger partial charge in [-0.25, -0.2) is 0 Å². The Labute approximate surface area is 136 Å². The third-order valence-corrected chi connectivity index (χ3v) is 3.33. The molecule has 23 heavy (non-hydrogen) atoms. The molecule has 6 nitrogen and oxygen atoms in total. The van der Waals surface area contributed by atoms with Gasteiger partial charge in [-0.2, -0.15) is 4.98 Å². The summed E-state index contributed by atoms with van der Waals surface area (Å²) in [5, 5.41) is 14.8. The van der Waals surface area contributed by atoms with E-state index >= 15 is 0 Å². The van der Waals surface area contributed by atoms with Gasteiger partial charge in [0.1, 0.15) is 5.03 Å². The van der Waals surface area contributed by atoms with Crippen LogP contribution < -0.4 is 0 Å². The van der Waals surface area contributed by atoms with E-state index in [-0.39, 0.29) is 16.6 Å². The number of nitro groups is 1. The van der Waals surface area contributed by atoms with Crippen LogP contribution in [-0.4, -0.2) is 15.1 Å². The number of rotatable bonds is 4. The number of nitro benzene ring substituents is 1. The summed E-state index contributed by atoms with van der Waals surface area (Å²) in [6.45, 7) is 0. The van der Waals surface area contributed by atoms with Crippen molar-refractivity contribution in [3.63, 3.8) is 0 Å². The van der Waals surface area contributed by atoms with Gasteiger partial charge < -0.3 is 4.52 Å². The SMILES string of the molecule is O=[N+]([O-])c1ccc(/C=C(\Cl)c2nc(-c3ccccc3)no2)cc1. The average molecular weight is 328 g/mol. The Hall–Kier alpha value is -2.99. The zero-order valence-corrected chi connectivity index (χ0v) is 12.5. The van der Waals surface area contributed by atoms with Crippen molar-refractivity contribution in [2.75, 3.05) is 0 Å². The molecule has 0 amide bonds. The third kappa shape index (κ3) is 3.44. The fraction of sp³-hybridized carbons (Fsp3) is 0. The second-order valence-corrected chi connectivity index (χ2v) is 5.04. The molecule has 0 bridgehead atoms. The molecule has 0 saturated heterocycles.